The Balaban J connectivity index is 2.03. The van der Waals surface area contributed by atoms with Crippen molar-refractivity contribution >= 4 is 17.5 Å². The van der Waals surface area contributed by atoms with E-state index >= 15 is 0 Å². The van der Waals surface area contributed by atoms with Crippen LogP contribution >= 0.6 is 0 Å². The summed E-state index contributed by atoms with van der Waals surface area (Å²) < 4.78 is 5.35. The molecule has 1 N–H and O–H groups in total. The van der Waals surface area contributed by atoms with Crippen molar-refractivity contribution < 1.29 is 19.2 Å². The molecule has 8 heteroatoms. The van der Waals surface area contributed by atoms with Gasteiger partial charge >= 0.3 is 0 Å². The first-order chi connectivity index (χ1) is 17.8. The van der Waals surface area contributed by atoms with Gasteiger partial charge in [0.1, 0.15) is 11.8 Å². The number of hydrogen-bond donors (Lipinski definition) is 1. The van der Waals surface area contributed by atoms with Gasteiger partial charge in [0.2, 0.25) is 11.8 Å². The van der Waals surface area contributed by atoms with E-state index in [1.165, 1.54) is 11.0 Å². The van der Waals surface area contributed by atoms with E-state index in [0.29, 0.717) is 17.7 Å². The van der Waals surface area contributed by atoms with Crippen molar-refractivity contribution in [1.82, 2.24) is 10.2 Å². The highest BCUT2D eigenvalue weighted by Crippen LogP contribution is 2.23. The second-order valence-corrected chi connectivity index (χ2v) is 8.96. The quantitative estimate of drug-likeness (QED) is 0.285. The minimum atomic E-state index is -0.821. The van der Waals surface area contributed by atoms with E-state index in [4.69, 9.17) is 4.74 Å². The number of hydrogen-bond acceptors (Lipinski definition) is 5. The van der Waals surface area contributed by atoms with E-state index in [1.807, 2.05) is 62.4 Å². The number of nitrogens with one attached hydrogen (secondary N) is 1. The molecule has 8 nitrogen and oxygen atoms in total. The van der Waals surface area contributed by atoms with Gasteiger partial charge in [-0.1, -0.05) is 67.6 Å². The van der Waals surface area contributed by atoms with Crippen molar-refractivity contribution in [3.63, 3.8) is 0 Å². The van der Waals surface area contributed by atoms with Crippen molar-refractivity contribution in [2.75, 3.05) is 7.11 Å². The van der Waals surface area contributed by atoms with Crippen LogP contribution in [0.15, 0.2) is 78.9 Å². The average molecular weight is 504 g/mol. The van der Waals surface area contributed by atoms with Gasteiger partial charge in [0, 0.05) is 30.6 Å². The van der Waals surface area contributed by atoms with Crippen LogP contribution in [-0.4, -0.2) is 40.8 Å². The third-order valence-electron chi connectivity index (χ3n) is 6.29. The summed E-state index contributed by atoms with van der Waals surface area (Å²) in [6.45, 7) is 4.03. The number of benzene rings is 3. The van der Waals surface area contributed by atoms with Gasteiger partial charge in [-0.3, -0.25) is 19.7 Å². The summed E-state index contributed by atoms with van der Waals surface area (Å²) in [4.78, 5) is 40.0. The standard InChI is InChI=1S/C29H33N3O5/c1-4-21(2)30-29(34)27(18-22-11-6-5-7-12-22)31(20-23-13-10-15-25(17-23)37-3)28(33)19-24-14-8-9-16-26(24)32(35)36/h5-17,21,27H,4,18-20H2,1-3H3,(H,30,34)/t21-,27-/m0/s1. The maximum absolute atomic E-state index is 13.8. The van der Waals surface area contributed by atoms with E-state index in [0.717, 1.165) is 17.5 Å². The molecule has 0 unspecified atom stereocenters. The van der Waals surface area contributed by atoms with Crippen molar-refractivity contribution in [2.24, 2.45) is 0 Å². The van der Waals surface area contributed by atoms with E-state index in [2.05, 4.69) is 5.32 Å². The van der Waals surface area contributed by atoms with Gasteiger partial charge in [-0.2, -0.15) is 0 Å². The Morgan fingerprint density at radius 1 is 1.00 bits per heavy atom. The number of nitro groups is 1. The third kappa shape index (κ3) is 7.64. The van der Waals surface area contributed by atoms with E-state index < -0.39 is 11.0 Å². The predicted octanol–water partition coefficient (Wildman–Crippen LogP) is 4.70. The molecule has 0 heterocycles. The highest BCUT2D eigenvalue weighted by atomic mass is 16.6. The molecular formula is C29H33N3O5. The maximum Gasteiger partial charge on any atom is 0.273 e. The Hall–Kier alpha value is -4.20. The number of amides is 2. The van der Waals surface area contributed by atoms with Gasteiger partial charge in [-0.05, 0) is 36.6 Å². The predicted molar refractivity (Wildman–Crippen MR) is 142 cm³/mol. The molecular weight excluding hydrogens is 470 g/mol. The van der Waals surface area contributed by atoms with Gasteiger partial charge < -0.3 is 15.0 Å². The van der Waals surface area contributed by atoms with Crippen LogP contribution in [-0.2, 0) is 29.0 Å². The van der Waals surface area contributed by atoms with Gasteiger partial charge in [-0.25, -0.2) is 0 Å². The Labute approximate surface area is 217 Å². The van der Waals surface area contributed by atoms with Crippen LogP contribution in [0, 0.1) is 10.1 Å². The number of methoxy groups -OCH3 is 1. The Bertz CT molecular complexity index is 1210. The molecule has 37 heavy (non-hydrogen) atoms. The fraction of sp³-hybridized carbons (Fsp3) is 0.310. The van der Waals surface area contributed by atoms with E-state index in [-0.39, 0.29) is 36.5 Å². The molecule has 0 aliphatic rings. The first-order valence-corrected chi connectivity index (χ1v) is 12.3. The van der Waals surface area contributed by atoms with Crippen molar-refractivity contribution in [2.45, 2.75) is 51.7 Å². The van der Waals surface area contributed by atoms with Crippen molar-refractivity contribution in [1.29, 1.82) is 0 Å². The lowest BCUT2D eigenvalue weighted by atomic mass is 10.0. The SMILES string of the molecule is CC[C@H](C)NC(=O)[C@H](Cc1ccccc1)N(Cc1cccc(OC)c1)C(=O)Cc1ccccc1[N+](=O)[O-]. The van der Waals surface area contributed by atoms with Crippen LogP contribution in [0.25, 0.3) is 0 Å². The zero-order valence-corrected chi connectivity index (χ0v) is 21.4. The monoisotopic (exact) mass is 503 g/mol. The third-order valence-corrected chi connectivity index (χ3v) is 6.29. The first-order valence-electron chi connectivity index (χ1n) is 12.3. The summed E-state index contributed by atoms with van der Waals surface area (Å²) >= 11 is 0. The lowest BCUT2D eigenvalue weighted by Crippen LogP contribution is -2.52. The summed E-state index contributed by atoms with van der Waals surface area (Å²) in [5.74, 6) is -0.0124. The largest absolute Gasteiger partial charge is 0.497 e. The second kappa shape index (κ2) is 13.2. The minimum Gasteiger partial charge on any atom is -0.497 e. The Morgan fingerprint density at radius 2 is 1.68 bits per heavy atom. The molecule has 194 valence electrons. The summed E-state index contributed by atoms with van der Waals surface area (Å²) in [5.41, 5.74) is 1.86. The molecule has 0 aromatic heterocycles. The number of nitrogens with zero attached hydrogens (tertiary/aromatic N) is 2. The normalized spacial score (nSPS) is 12.3. The topological polar surface area (TPSA) is 102 Å². The molecule has 0 saturated heterocycles. The van der Waals surface area contributed by atoms with E-state index in [9.17, 15) is 19.7 Å². The number of carbonyl (C=O) groups excluding carboxylic acids is 2. The number of nitro benzene ring substituents is 1. The number of para-hydroxylation sites is 1. The Morgan fingerprint density at radius 3 is 2.35 bits per heavy atom. The summed E-state index contributed by atoms with van der Waals surface area (Å²) in [6.07, 6.45) is 0.836. The fourth-order valence-corrected chi connectivity index (χ4v) is 4.07. The molecule has 3 aromatic rings. The maximum atomic E-state index is 13.8. The van der Waals surface area contributed by atoms with Crippen LogP contribution in [0.4, 0.5) is 5.69 Å². The molecule has 0 fully saturated rings. The van der Waals surface area contributed by atoms with Gasteiger partial charge in [0.15, 0.2) is 0 Å². The van der Waals surface area contributed by atoms with Crippen LogP contribution in [0.2, 0.25) is 0 Å². The number of ether oxygens (including phenoxy) is 1. The highest BCUT2D eigenvalue weighted by molar-refractivity contribution is 5.89. The molecule has 0 bridgehead atoms. The second-order valence-electron chi connectivity index (χ2n) is 8.96. The molecule has 2 amide bonds. The van der Waals surface area contributed by atoms with Gasteiger partial charge in [-0.15, -0.1) is 0 Å². The number of carbonyl (C=O) groups is 2. The zero-order chi connectivity index (χ0) is 26.8. The lowest BCUT2D eigenvalue weighted by Gasteiger charge is -2.32. The molecule has 0 aliphatic heterocycles. The van der Waals surface area contributed by atoms with E-state index in [1.54, 1.807) is 31.4 Å². The first kappa shape index (κ1) is 27.4. The molecule has 0 spiro atoms. The molecule has 3 rings (SSSR count). The van der Waals surface area contributed by atoms with Crippen LogP contribution in [0.1, 0.15) is 37.0 Å². The summed E-state index contributed by atoms with van der Waals surface area (Å²) in [5, 5.41) is 14.6. The zero-order valence-electron chi connectivity index (χ0n) is 21.4. The molecule has 2 atom stereocenters. The van der Waals surface area contributed by atoms with Crippen molar-refractivity contribution in [3.8, 4) is 5.75 Å². The van der Waals surface area contributed by atoms with Gasteiger partial charge in [0.25, 0.3) is 5.69 Å². The summed E-state index contributed by atoms with van der Waals surface area (Å²) in [6, 6.07) is 22.1. The number of rotatable bonds is 12. The van der Waals surface area contributed by atoms with Crippen molar-refractivity contribution in [3.05, 3.63) is 106 Å². The lowest BCUT2D eigenvalue weighted by molar-refractivity contribution is -0.385. The molecule has 0 radical (unpaired) electrons. The molecule has 3 aromatic carbocycles. The Kier molecular flexibility index (Phi) is 9.77. The van der Waals surface area contributed by atoms with Crippen LogP contribution in [0.5, 0.6) is 5.75 Å². The molecule has 0 aliphatic carbocycles. The average Bonchev–Trinajstić information content (AvgIpc) is 2.91. The minimum absolute atomic E-state index is 0.0743. The molecule has 0 saturated carbocycles. The fourth-order valence-electron chi connectivity index (χ4n) is 4.07. The highest BCUT2D eigenvalue weighted by Gasteiger charge is 2.32. The van der Waals surface area contributed by atoms with Crippen LogP contribution < -0.4 is 10.1 Å². The van der Waals surface area contributed by atoms with Gasteiger partial charge in [0.05, 0.1) is 18.5 Å². The summed E-state index contributed by atoms with van der Waals surface area (Å²) in [7, 11) is 1.56. The van der Waals surface area contributed by atoms with Crippen LogP contribution in [0.3, 0.4) is 0 Å². The smallest absolute Gasteiger partial charge is 0.273 e.